The lowest BCUT2D eigenvalue weighted by molar-refractivity contribution is 0.0175. The number of carbonyl (C=O) groups excluding carboxylic acids is 1. The third kappa shape index (κ3) is 5.58. The number of aliphatic hydroxyl groups excluding tert-OH is 1. The van der Waals surface area contributed by atoms with E-state index in [1.54, 1.807) is 0 Å². The third-order valence-electron chi connectivity index (χ3n) is 4.72. The molecule has 156 valence electrons. The second-order valence-corrected chi connectivity index (χ2v) is 8.15. The molecule has 0 radical (unpaired) electrons. The molecule has 1 aliphatic rings. The molecule has 29 heavy (non-hydrogen) atoms. The number of amides is 1. The number of hydrogen-bond donors (Lipinski definition) is 2. The molecule has 2 atom stereocenters. The fourth-order valence-electron chi connectivity index (χ4n) is 3.07. The summed E-state index contributed by atoms with van der Waals surface area (Å²) in [5.41, 5.74) is 1.28. The van der Waals surface area contributed by atoms with Crippen LogP contribution in [-0.4, -0.2) is 46.8 Å². The molecule has 2 N–H and O–H groups in total. The highest BCUT2D eigenvalue weighted by atomic mass is 35.5. The van der Waals surface area contributed by atoms with Gasteiger partial charge in [0.15, 0.2) is 10.3 Å². The van der Waals surface area contributed by atoms with Crippen LogP contribution in [0.4, 0.5) is 10.5 Å². The number of ether oxygens (including phenoxy) is 1. The number of pyridine rings is 1. The van der Waals surface area contributed by atoms with E-state index in [4.69, 9.17) is 51.1 Å². The van der Waals surface area contributed by atoms with Gasteiger partial charge in [-0.15, -0.1) is 0 Å². The summed E-state index contributed by atoms with van der Waals surface area (Å²) in [6.45, 7) is 1.22. The van der Waals surface area contributed by atoms with Gasteiger partial charge in [0.2, 0.25) is 0 Å². The van der Waals surface area contributed by atoms with Crippen molar-refractivity contribution in [2.24, 2.45) is 5.92 Å². The molecule has 1 aromatic heterocycles. The number of aliphatic hydroxyl groups is 1. The van der Waals surface area contributed by atoms with E-state index in [1.807, 2.05) is 30.3 Å². The Morgan fingerprint density at radius 1 is 1.17 bits per heavy atom. The Hall–Kier alpha value is -1.44. The zero-order chi connectivity index (χ0) is 21.0. The van der Waals surface area contributed by atoms with Crippen molar-refractivity contribution in [1.82, 2.24) is 9.88 Å². The molecule has 1 aliphatic heterocycles. The van der Waals surface area contributed by atoms with Gasteiger partial charge in [0, 0.05) is 19.0 Å². The lowest BCUT2D eigenvalue weighted by Crippen LogP contribution is -2.48. The Bertz CT molecular complexity index is 843. The summed E-state index contributed by atoms with van der Waals surface area (Å²) in [5.74, 6) is -0.119. The van der Waals surface area contributed by atoms with Crippen LogP contribution in [0.1, 0.15) is 12.0 Å². The first-order valence-electron chi connectivity index (χ1n) is 8.94. The van der Waals surface area contributed by atoms with Gasteiger partial charge < -0.3 is 20.1 Å². The Balaban J connectivity index is 1.52. The minimum absolute atomic E-state index is 0.0418. The van der Waals surface area contributed by atoms with Crippen LogP contribution in [0.25, 0.3) is 0 Å². The van der Waals surface area contributed by atoms with E-state index in [2.05, 4.69) is 10.3 Å². The van der Waals surface area contributed by atoms with E-state index < -0.39 is 12.2 Å². The second kappa shape index (κ2) is 10.0. The quantitative estimate of drug-likeness (QED) is 0.583. The standard InChI is InChI=1S/C19H19Cl4N3O3/c20-14-16(15(21)18(23)25-17(14)22)24-8-12-6-7-26(9-13(12)27)19(28)29-10-11-4-2-1-3-5-11/h1-5,12-13,27H,6-10H2,(H,24,25)/t12-,13-/m1/s1. The molecule has 1 aromatic carbocycles. The highest BCUT2D eigenvalue weighted by molar-refractivity contribution is 6.48. The van der Waals surface area contributed by atoms with Crippen LogP contribution in [0.2, 0.25) is 20.4 Å². The van der Waals surface area contributed by atoms with Gasteiger partial charge in [-0.1, -0.05) is 76.7 Å². The molecule has 6 nitrogen and oxygen atoms in total. The monoisotopic (exact) mass is 477 g/mol. The highest BCUT2D eigenvalue weighted by Crippen LogP contribution is 2.39. The smallest absolute Gasteiger partial charge is 0.410 e. The van der Waals surface area contributed by atoms with Gasteiger partial charge in [0.05, 0.1) is 18.3 Å². The predicted molar refractivity (Wildman–Crippen MR) is 115 cm³/mol. The average Bonchev–Trinajstić information content (AvgIpc) is 2.72. The topological polar surface area (TPSA) is 74.7 Å². The Morgan fingerprint density at radius 2 is 1.83 bits per heavy atom. The molecule has 1 saturated heterocycles. The number of nitrogens with one attached hydrogen (secondary N) is 1. The number of anilines is 1. The van der Waals surface area contributed by atoms with Crippen molar-refractivity contribution in [3.05, 3.63) is 56.2 Å². The molecule has 0 unspecified atom stereocenters. The number of benzene rings is 1. The van der Waals surface area contributed by atoms with Gasteiger partial charge in [-0.25, -0.2) is 9.78 Å². The number of aromatic nitrogens is 1. The number of rotatable bonds is 5. The maximum absolute atomic E-state index is 12.3. The van der Waals surface area contributed by atoms with Gasteiger partial charge in [-0.3, -0.25) is 0 Å². The molecular weight excluding hydrogens is 460 g/mol. The zero-order valence-electron chi connectivity index (χ0n) is 15.2. The lowest BCUT2D eigenvalue weighted by Gasteiger charge is -2.35. The normalized spacial score (nSPS) is 19.1. The van der Waals surface area contributed by atoms with Gasteiger partial charge >= 0.3 is 6.09 Å². The Labute approximate surface area is 188 Å². The first-order chi connectivity index (χ1) is 13.9. The molecule has 0 spiro atoms. The fourth-order valence-corrected chi connectivity index (χ4v) is 3.93. The van der Waals surface area contributed by atoms with Crippen LogP contribution in [0.15, 0.2) is 30.3 Å². The maximum atomic E-state index is 12.3. The van der Waals surface area contributed by atoms with Crippen molar-refractivity contribution >= 4 is 58.2 Å². The molecule has 3 rings (SSSR count). The van der Waals surface area contributed by atoms with E-state index in [1.165, 1.54) is 4.90 Å². The second-order valence-electron chi connectivity index (χ2n) is 6.68. The van der Waals surface area contributed by atoms with Crippen LogP contribution >= 0.6 is 46.4 Å². The summed E-state index contributed by atoms with van der Waals surface area (Å²) in [7, 11) is 0. The molecule has 1 amide bonds. The molecule has 2 aromatic rings. The third-order valence-corrected chi connectivity index (χ3v) is 6.20. The number of carbonyl (C=O) groups is 1. The molecular formula is C19H19Cl4N3O3. The van der Waals surface area contributed by atoms with Crippen molar-refractivity contribution in [1.29, 1.82) is 0 Å². The molecule has 0 bridgehead atoms. The van der Waals surface area contributed by atoms with E-state index in [-0.39, 0.29) is 39.4 Å². The van der Waals surface area contributed by atoms with Crippen LogP contribution in [-0.2, 0) is 11.3 Å². The molecule has 10 heteroatoms. The largest absolute Gasteiger partial charge is 0.445 e. The number of β-amino-alcohol motifs (C(OH)–C–C–N with tert-alkyl or cyclic N) is 1. The minimum Gasteiger partial charge on any atom is -0.445 e. The number of halogens is 4. The Morgan fingerprint density at radius 3 is 2.45 bits per heavy atom. The number of likely N-dealkylation sites (tertiary alicyclic amines) is 1. The first-order valence-corrected chi connectivity index (χ1v) is 10.5. The molecule has 0 saturated carbocycles. The number of nitrogens with zero attached hydrogens (tertiary/aromatic N) is 2. The van der Waals surface area contributed by atoms with Crippen LogP contribution in [0.3, 0.4) is 0 Å². The molecule has 0 aliphatic carbocycles. The lowest BCUT2D eigenvalue weighted by atomic mass is 9.94. The van der Waals surface area contributed by atoms with E-state index >= 15 is 0 Å². The van der Waals surface area contributed by atoms with Crippen molar-refractivity contribution in [3.63, 3.8) is 0 Å². The summed E-state index contributed by atoms with van der Waals surface area (Å²) in [6.07, 6.45) is -0.597. The van der Waals surface area contributed by atoms with E-state index in [9.17, 15) is 9.90 Å². The van der Waals surface area contributed by atoms with Crippen LogP contribution in [0, 0.1) is 5.92 Å². The summed E-state index contributed by atoms with van der Waals surface area (Å²) in [5, 5.41) is 14.0. The zero-order valence-corrected chi connectivity index (χ0v) is 18.3. The van der Waals surface area contributed by atoms with Gasteiger partial charge in [0.1, 0.15) is 16.7 Å². The summed E-state index contributed by atoms with van der Waals surface area (Å²) in [4.78, 5) is 17.6. The number of piperidine rings is 1. The fraction of sp³-hybridized carbons (Fsp3) is 0.368. The Kier molecular flexibility index (Phi) is 7.71. The SMILES string of the molecule is O=C(OCc1ccccc1)N1CC[C@H](CNc2c(Cl)c(Cl)nc(Cl)c2Cl)[C@H](O)C1. The minimum atomic E-state index is -0.731. The predicted octanol–water partition coefficient (Wildman–Crippen LogP) is 5.13. The van der Waals surface area contributed by atoms with Gasteiger partial charge in [0.25, 0.3) is 0 Å². The van der Waals surface area contributed by atoms with Crippen molar-refractivity contribution in [2.75, 3.05) is 25.0 Å². The summed E-state index contributed by atoms with van der Waals surface area (Å²) in [6, 6.07) is 9.43. The van der Waals surface area contributed by atoms with Crippen molar-refractivity contribution in [2.45, 2.75) is 19.1 Å². The van der Waals surface area contributed by atoms with E-state index in [0.29, 0.717) is 25.2 Å². The molecule has 1 fully saturated rings. The average molecular weight is 479 g/mol. The number of hydrogen-bond acceptors (Lipinski definition) is 5. The summed E-state index contributed by atoms with van der Waals surface area (Å²) >= 11 is 24.2. The molecule has 2 heterocycles. The van der Waals surface area contributed by atoms with Gasteiger partial charge in [-0.2, -0.15) is 0 Å². The van der Waals surface area contributed by atoms with Crippen molar-refractivity contribution in [3.8, 4) is 0 Å². The van der Waals surface area contributed by atoms with E-state index in [0.717, 1.165) is 5.56 Å². The van der Waals surface area contributed by atoms with Gasteiger partial charge in [-0.05, 0) is 12.0 Å². The first kappa shape index (κ1) is 22.2. The highest BCUT2D eigenvalue weighted by Gasteiger charge is 2.31. The van der Waals surface area contributed by atoms with Crippen molar-refractivity contribution < 1.29 is 14.6 Å². The van der Waals surface area contributed by atoms with Crippen LogP contribution < -0.4 is 5.32 Å². The van der Waals surface area contributed by atoms with Crippen LogP contribution in [0.5, 0.6) is 0 Å². The maximum Gasteiger partial charge on any atom is 0.410 e. The summed E-state index contributed by atoms with van der Waals surface area (Å²) < 4.78 is 5.33.